The molecule has 0 saturated carbocycles. The van der Waals surface area contributed by atoms with Crippen LogP contribution in [0.1, 0.15) is 23.7 Å². The van der Waals surface area contributed by atoms with Gasteiger partial charge in [-0.25, -0.2) is 5.43 Å². The molecule has 0 aliphatic carbocycles. The third kappa shape index (κ3) is 4.52. The lowest BCUT2D eigenvalue weighted by atomic mass is 10.2. The third-order valence-electron chi connectivity index (χ3n) is 3.53. The van der Waals surface area contributed by atoms with Crippen LogP contribution in [0.15, 0.2) is 47.6 Å². The fraction of sp³-hybridized carbons (Fsp3) is 0.167. The predicted octanol–water partition coefficient (Wildman–Crippen LogP) is 3.20. The molecular weight excluding hydrogens is 358 g/mol. The first kappa shape index (κ1) is 17.8. The Kier molecular flexibility index (Phi) is 5.38. The number of nitrogens with zero attached hydrogens (tertiary/aromatic N) is 1. The summed E-state index contributed by atoms with van der Waals surface area (Å²) in [5.74, 6) is 0.595. The fourth-order valence-corrected chi connectivity index (χ4v) is 2.39. The Balaban J connectivity index is 1.52. The molecule has 0 aromatic heterocycles. The molecule has 0 bridgehead atoms. The van der Waals surface area contributed by atoms with Gasteiger partial charge in [0.1, 0.15) is 0 Å². The van der Waals surface area contributed by atoms with Crippen molar-refractivity contribution in [1.29, 1.82) is 0 Å². The van der Waals surface area contributed by atoms with Crippen LogP contribution >= 0.6 is 11.6 Å². The van der Waals surface area contributed by atoms with Crippen molar-refractivity contribution >= 4 is 34.8 Å². The monoisotopic (exact) mass is 373 g/mol. The molecule has 2 aromatic rings. The van der Waals surface area contributed by atoms with Gasteiger partial charge in [-0.15, -0.1) is 0 Å². The van der Waals surface area contributed by atoms with Gasteiger partial charge < -0.3 is 14.8 Å². The van der Waals surface area contributed by atoms with Crippen LogP contribution < -0.4 is 20.2 Å². The minimum absolute atomic E-state index is 0.0370. The molecule has 26 heavy (non-hydrogen) atoms. The molecule has 1 heterocycles. The summed E-state index contributed by atoms with van der Waals surface area (Å²) < 4.78 is 10.5. The minimum atomic E-state index is -0.378. The molecule has 0 atom stereocenters. The van der Waals surface area contributed by atoms with Crippen LogP contribution in [-0.2, 0) is 4.79 Å². The second-order valence-electron chi connectivity index (χ2n) is 5.59. The summed E-state index contributed by atoms with van der Waals surface area (Å²) in [6.45, 7) is 1.83. The van der Waals surface area contributed by atoms with E-state index in [1.165, 1.54) is 0 Å². The van der Waals surface area contributed by atoms with Crippen molar-refractivity contribution in [1.82, 2.24) is 5.43 Å². The van der Waals surface area contributed by atoms with Gasteiger partial charge in [0.2, 0.25) is 12.7 Å². The number of nitrogens with one attached hydrogen (secondary N) is 2. The van der Waals surface area contributed by atoms with E-state index in [0.29, 0.717) is 33.5 Å². The molecule has 0 unspecified atom stereocenters. The number of anilines is 1. The highest BCUT2D eigenvalue weighted by molar-refractivity contribution is 6.30. The average molecular weight is 374 g/mol. The number of benzene rings is 2. The SMILES string of the molecule is C/C(CC(=O)Nc1ccc2c(c1)OCO2)=N/NC(=O)c1ccc(Cl)cc1. The van der Waals surface area contributed by atoms with Gasteiger partial charge in [0.15, 0.2) is 11.5 Å². The van der Waals surface area contributed by atoms with Crippen LogP contribution in [0.4, 0.5) is 5.69 Å². The smallest absolute Gasteiger partial charge is 0.271 e. The normalized spacial score (nSPS) is 12.6. The molecule has 1 aliphatic rings. The van der Waals surface area contributed by atoms with Crippen molar-refractivity contribution in [3.05, 3.63) is 53.1 Å². The van der Waals surface area contributed by atoms with Crippen LogP contribution in [-0.4, -0.2) is 24.3 Å². The topological polar surface area (TPSA) is 89.0 Å². The van der Waals surface area contributed by atoms with Crippen LogP contribution in [0.3, 0.4) is 0 Å². The van der Waals surface area contributed by atoms with E-state index >= 15 is 0 Å². The molecule has 8 heteroatoms. The molecule has 2 N–H and O–H groups in total. The van der Waals surface area contributed by atoms with E-state index in [9.17, 15) is 9.59 Å². The number of hydrazone groups is 1. The van der Waals surface area contributed by atoms with Gasteiger partial charge >= 0.3 is 0 Å². The van der Waals surface area contributed by atoms with Gasteiger partial charge in [-0.05, 0) is 43.3 Å². The van der Waals surface area contributed by atoms with Crippen LogP contribution in [0.5, 0.6) is 11.5 Å². The molecule has 0 fully saturated rings. The lowest BCUT2D eigenvalue weighted by Gasteiger charge is -2.06. The van der Waals surface area contributed by atoms with Crippen LogP contribution in [0.2, 0.25) is 5.02 Å². The zero-order valence-corrected chi connectivity index (χ0v) is 14.7. The van der Waals surface area contributed by atoms with Gasteiger partial charge in [0.25, 0.3) is 5.91 Å². The Bertz CT molecular complexity index is 865. The summed E-state index contributed by atoms with van der Waals surface area (Å²) in [6, 6.07) is 11.6. The number of ether oxygens (including phenoxy) is 2. The van der Waals surface area contributed by atoms with Crippen LogP contribution in [0.25, 0.3) is 0 Å². The standard InChI is InChI=1S/C18H16ClN3O4/c1-11(21-22-18(24)12-2-4-13(19)5-3-12)8-17(23)20-14-6-7-15-16(9-14)26-10-25-15/h2-7,9H,8,10H2,1H3,(H,20,23)(H,22,24)/b21-11-. The van der Waals surface area contributed by atoms with E-state index in [-0.39, 0.29) is 25.0 Å². The average Bonchev–Trinajstić information content (AvgIpc) is 3.08. The molecule has 0 saturated heterocycles. The molecule has 2 aromatic carbocycles. The Labute approximate surface area is 154 Å². The van der Waals surface area contributed by atoms with Crippen molar-refractivity contribution in [3.63, 3.8) is 0 Å². The fourth-order valence-electron chi connectivity index (χ4n) is 2.26. The van der Waals surface area contributed by atoms with Crippen molar-refractivity contribution in [2.45, 2.75) is 13.3 Å². The molecule has 1 aliphatic heterocycles. The number of rotatable bonds is 5. The maximum Gasteiger partial charge on any atom is 0.271 e. The van der Waals surface area contributed by atoms with E-state index in [4.69, 9.17) is 21.1 Å². The Morgan fingerprint density at radius 2 is 1.85 bits per heavy atom. The Morgan fingerprint density at radius 3 is 2.62 bits per heavy atom. The molecule has 0 spiro atoms. The first-order chi connectivity index (χ1) is 12.5. The van der Waals surface area contributed by atoms with Gasteiger partial charge in [0.05, 0.1) is 6.42 Å². The van der Waals surface area contributed by atoms with E-state index in [1.807, 2.05) is 0 Å². The lowest BCUT2D eigenvalue weighted by molar-refractivity contribution is -0.115. The first-order valence-corrected chi connectivity index (χ1v) is 8.17. The van der Waals surface area contributed by atoms with E-state index < -0.39 is 0 Å². The largest absolute Gasteiger partial charge is 0.454 e. The molecule has 134 valence electrons. The van der Waals surface area contributed by atoms with Crippen molar-refractivity contribution in [3.8, 4) is 11.5 Å². The van der Waals surface area contributed by atoms with Gasteiger partial charge in [0, 0.05) is 28.1 Å². The molecule has 2 amide bonds. The summed E-state index contributed by atoms with van der Waals surface area (Å²) in [7, 11) is 0. The second kappa shape index (κ2) is 7.88. The summed E-state index contributed by atoms with van der Waals surface area (Å²) in [5, 5.41) is 7.23. The minimum Gasteiger partial charge on any atom is -0.454 e. The maximum atomic E-state index is 12.1. The molecule has 7 nitrogen and oxygen atoms in total. The Hall–Kier alpha value is -3.06. The van der Waals surface area contributed by atoms with Crippen molar-refractivity contribution < 1.29 is 19.1 Å². The number of hydrogen-bond donors (Lipinski definition) is 2. The second-order valence-corrected chi connectivity index (χ2v) is 6.02. The molecule has 3 rings (SSSR count). The maximum absolute atomic E-state index is 12.1. The Morgan fingerprint density at radius 1 is 1.12 bits per heavy atom. The molecule has 0 radical (unpaired) electrons. The lowest BCUT2D eigenvalue weighted by Crippen LogP contribution is -2.21. The summed E-state index contributed by atoms with van der Waals surface area (Å²) in [5.41, 5.74) is 3.90. The summed E-state index contributed by atoms with van der Waals surface area (Å²) >= 11 is 5.78. The zero-order valence-electron chi connectivity index (χ0n) is 13.9. The number of halogens is 1. The van der Waals surface area contributed by atoms with Gasteiger partial charge in [-0.1, -0.05) is 11.6 Å². The number of amides is 2. The van der Waals surface area contributed by atoms with E-state index in [0.717, 1.165) is 0 Å². The highest BCUT2D eigenvalue weighted by atomic mass is 35.5. The van der Waals surface area contributed by atoms with Gasteiger partial charge in [-0.2, -0.15) is 5.10 Å². The first-order valence-electron chi connectivity index (χ1n) is 7.80. The third-order valence-corrected chi connectivity index (χ3v) is 3.78. The number of carbonyl (C=O) groups excluding carboxylic acids is 2. The van der Waals surface area contributed by atoms with Crippen LogP contribution in [0, 0.1) is 0 Å². The van der Waals surface area contributed by atoms with Crippen molar-refractivity contribution in [2.75, 3.05) is 12.1 Å². The number of fused-ring (bicyclic) bond motifs is 1. The summed E-state index contributed by atoms with van der Waals surface area (Å²) in [4.78, 5) is 24.0. The zero-order chi connectivity index (χ0) is 18.5. The van der Waals surface area contributed by atoms with E-state index in [2.05, 4.69) is 15.8 Å². The number of carbonyl (C=O) groups is 2. The highest BCUT2D eigenvalue weighted by Crippen LogP contribution is 2.34. The van der Waals surface area contributed by atoms with Gasteiger partial charge in [-0.3, -0.25) is 9.59 Å². The van der Waals surface area contributed by atoms with E-state index in [1.54, 1.807) is 49.4 Å². The highest BCUT2D eigenvalue weighted by Gasteiger charge is 2.14. The summed E-state index contributed by atoms with van der Waals surface area (Å²) in [6.07, 6.45) is 0.0370. The quantitative estimate of drug-likeness (QED) is 0.622. The predicted molar refractivity (Wildman–Crippen MR) is 97.8 cm³/mol. The molecular formula is C18H16ClN3O4. The number of hydrogen-bond acceptors (Lipinski definition) is 5. The van der Waals surface area contributed by atoms with Crippen molar-refractivity contribution in [2.24, 2.45) is 5.10 Å².